The van der Waals surface area contributed by atoms with E-state index in [0.29, 0.717) is 11.1 Å². The van der Waals surface area contributed by atoms with Crippen molar-refractivity contribution < 1.29 is 18.7 Å². The van der Waals surface area contributed by atoms with Crippen molar-refractivity contribution in [2.24, 2.45) is 0 Å². The lowest BCUT2D eigenvalue weighted by molar-refractivity contribution is 0.0692. The highest BCUT2D eigenvalue weighted by Crippen LogP contribution is 2.43. The van der Waals surface area contributed by atoms with E-state index in [1.54, 1.807) is 35.0 Å². The lowest BCUT2D eigenvalue weighted by Crippen LogP contribution is -2.38. The van der Waals surface area contributed by atoms with Crippen LogP contribution < -0.4 is 0 Å². The van der Waals surface area contributed by atoms with Gasteiger partial charge in [-0.3, -0.25) is 0 Å². The van der Waals surface area contributed by atoms with Crippen molar-refractivity contribution in [2.45, 2.75) is 5.54 Å². The average Bonchev–Trinajstić information content (AvgIpc) is 3.38. The van der Waals surface area contributed by atoms with Crippen LogP contribution in [0.2, 0.25) is 0 Å². The lowest BCUT2D eigenvalue weighted by atomic mass is 9.77. The van der Waals surface area contributed by atoms with Crippen molar-refractivity contribution in [3.8, 4) is 0 Å². The Hall–Kier alpha value is -5.36. The predicted molar refractivity (Wildman–Crippen MR) is 157 cm³/mol. The van der Waals surface area contributed by atoms with Crippen LogP contribution in [0.3, 0.4) is 0 Å². The number of hydrogen-bond acceptors (Lipinski definition) is 2. The van der Waals surface area contributed by atoms with E-state index in [2.05, 4.69) is 0 Å². The second kappa shape index (κ2) is 10.7. The highest BCUT2D eigenvalue weighted by molar-refractivity contribution is 5.98. The molecule has 0 aliphatic rings. The highest BCUT2D eigenvalue weighted by Gasteiger charge is 2.41. The van der Waals surface area contributed by atoms with Crippen molar-refractivity contribution in [2.75, 3.05) is 0 Å². The molecule has 5 aromatic carbocycles. The summed E-state index contributed by atoms with van der Waals surface area (Å²) in [5, 5.41) is 14.8. The molecule has 0 saturated heterocycles. The van der Waals surface area contributed by atoms with Crippen molar-refractivity contribution >= 4 is 29.0 Å². The van der Waals surface area contributed by atoms with E-state index >= 15 is 4.39 Å². The first kappa shape index (κ1) is 25.9. The molecule has 200 valence electrons. The zero-order valence-corrected chi connectivity index (χ0v) is 21.8. The quantitative estimate of drug-likeness (QED) is 0.208. The molecule has 41 heavy (non-hydrogen) atoms. The summed E-state index contributed by atoms with van der Waals surface area (Å²) in [6.45, 7) is 0. The Balaban J connectivity index is 1.74. The van der Waals surface area contributed by atoms with Gasteiger partial charge in [0.05, 0.1) is 22.2 Å². The molecule has 1 heterocycles. The van der Waals surface area contributed by atoms with Crippen LogP contribution in [-0.2, 0) is 5.54 Å². The average molecular weight is 543 g/mol. The minimum atomic E-state index is -1.38. The molecule has 0 saturated carbocycles. The van der Waals surface area contributed by atoms with Gasteiger partial charge in [0.25, 0.3) is 0 Å². The Labute approximate surface area is 235 Å². The fourth-order valence-electron chi connectivity index (χ4n) is 5.43. The minimum absolute atomic E-state index is 0.0599. The number of carboxylic acid groups (broad SMARTS) is 1. The van der Waals surface area contributed by atoms with Crippen molar-refractivity contribution in [1.29, 1.82) is 0 Å². The van der Waals surface area contributed by atoms with Gasteiger partial charge in [0, 0.05) is 0 Å². The Bertz CT molecular complexity index is 1790. The van der Waals surface area contributed by atoms with E-state index < -0.39 is 28.7 Å². The topological polar surface area (TPSA) is 55.1 Å². The number of fused-ring (bicyclic) bond motifs is 1. The summed E-state index contributed by atoms with van der Waals surface area (Å²) in [6.07, 6.45) is 3.23. The molecule has 0 spiro atoms. The summed E-state index contributed by atoms with van der Waals surface area (Å²) >= 11 is 0. The molecular weight excluding hydrogens is 518 g/mol. The second-order valence-electron chi connectivity index (χ2n) is 9.62. The molecule has 6 rings (SSSR count). The maximum atomic E-state index is 16.1. The highest BCUT2D eigenvalue weighted by atomic mass is 19.1. The van der Waals surface area contributed by atoms with Crippen LogP contribution in [0.1, 0.15) is 38.3 Å². The number of carboxylic acids is 1. The maximum absolute atomic E-state index is 16.1. The van der Waals surface area contributed by atoms with Crippen LogP contribution in [0.4, 0.5) is 8.78 Å². The second-order valence-corrected chi connectivity index (χ2v) is 9.62. The number of rotatable bonds is 7. The summed E-state index contributed by atoms with van der Waals surface area (Å²) < 4.78 is 31.7. The third-order valence-electron chi connectivity index (χ3n) is 7.22. The van der Waals surface area contributed by atoms with E-state index in [9.17, 15) is 14.3 Å². The van der Waals surface area contributed by atoms with Crippen molar-refractivity contribution in [3.05, 3.63) is 173 Å². The molecule has 0 atom stereocenters. The molecule has 0 unspecified atom stereocenters. The van der Waals surface area contributed by atoms with Crippen molar-refractivity contribution in [3.63, 3.8) is 0 Å². The van der Waals surface area contributed by atoms with Gasteiger partial charge in [0.2, 0.25) is 0 Å². The van der Waals surface area contributed by atoms with Gasteiger partial charge in [-0.15, -0.1) is 0 Å². The van der Waals surface area contributed by atoms with E-state index in [-0.39, 0.29) is 11.1 Å². The molecule has 0 aliphatic carbocycles. The van der Waals surface area contributed by atoms with Gasteiger partial charge in [-0.05, 0) is 52.6 Å². The zero-order chi connectivity index (χ0) is 28.4. The summed E-state index contributed by atoms with van der Waals surface area (Å²) in [7, 11) is 0. The standard InChI is InChI=1S/C35H24F2N2O2/c36-28-18-10-11-24(23-28)19-21-30-32-31(22-20-29(33(32)37)34(40)41)39(38-30)35(25-12-4-1-5-13-25,26-14-6-2-7-15-26)27-16-8-3-9-17-27/h1-23H,(H,40,41)/b21-19+. The Kier molecular flexibility index (Phi) is 6.73. The number of hydrogen-bond donors (Lipinski definition) is 1. The van der Waals surface area contributed by atoms with Gasteiger partial charge in [-0.1, -0.05) is 109 Å². The summed E-state index contributed by atoms with van der Waals surface area (Å²) in [5.41, 5.74) is 2.31. The Morgan fingerprint density at radius 1 is 0.707 bits per heavy atom. The number of benzene rings is 5. The molecule has 0 aliphatic heterocycles. The van der Waals surface area contributed by atoms with Crippen molar-refractivity contribution in [1.82, 2.24) is 9.78 Å². The van der Waals surface area contributed by atoms with Gasteiger partial charge in [0.15, 0.2) is 0 Å². The van der Waals surface area contributed by atoms with Crippen LogP contribution in [0.25, 0.3) is 23.1 Å². The molecule has 0 radical (unpaired) electrons. The minimum Gasteiger partial charge on any atom is -0.478 e. The zero-order valence-electron chi connectivity index (χ0n) is 21.8. The molecule has 6 aromatic rings. The fourth-order valence-corrected chi connectivity index (χ4v) is 5.43. The molecule has 1 aromatic heterocycles. The monoisotopic (exact) mass is 542 g/mol. The van der Waals surface area contributed by atoms with Gasteiger partial charge in [-0.2, -0.15) is 5.10 Å². The first-order chi connectivity index (χ1) is 20.0. The first-order valence-electron chi connectivity index (χ1n) is 13.1. The molecule has 0 bridgehead atoms. The van der Waals surface area contributed by atoms with E-state index in [1.165, 1.54) is 18.2 Å². The molecule has 4 nitrogen and oxygen atoms in total. The molecular formula is C35H24F2N2O2. The predicted octanol–water partition coefficient (Wildman–Crippen LogP) is 8.02. The smallest absolute Gasteiger partial charge is 0.338 e. The number of halogens is 2. The van der Waals surface area contributed by atoms with Crippen LogP contribution >= 0.6 is 0 Å². The number of carbonyl (C=O) groups is 1. The summed E-state index contributed by atoms with van der Waals surface area (Å²) in [5.74, 6) is -2.67. The lowest BCUT2D eigenvalue weighted by Gasteiger charge is -2.37. The number of aromatic carboxylic acids is 1. The third kappa shape index (κ3) is 4.49. The van der Waals surface area contributed by atoms with Crippen LogP contribution in [0.5, 0.6) is 0 Å². The maximum Gasteiger partial charge on any atom is 0.338 e. The summed E-state index contributed by atoms with van der Waals surface area (Å²) in [4.78, 5) is 11.9. The van der Waals surface area contributed by atoms with Crippen LogP contribution in [0, 0.1) is 11.6 Å². The van der Waals surface area contributed by atoms with E-state index in [4.69, 9.17) is 5.10 Å². The fraction of sp³-hybridized carbons (Fsp3) is 0.0286. The van der Waals surface area contributed by atoms with Gasteiger partial charge < -0.3 is 5.11 Å². The molecule has 0 amide bonds. The SMILES string of the molecule is O=C(O)c1ccc2c(c(/C=C/c3cccc(F)c3)nn2C(c2ccccc2)(c2ccccc2)c2ccccc2)c1F. The molecule has 6 heteroatoms. The van der Waals surface area contributed by atoms with Gasteiger partial charge >= 0.3 is 5.97 Å². The van der Waals surface area contributed by atoms with E-state index in [0.717, 1.165) is 16.7 Å². The molecule has 0 fully saturated rings. The summed E-state index contributed by atoms with van der Waals surface area (Å²) in [6, 6.07) is 38.3. The normalized spacial score (nSPS) is 11.8. The van der Waals surface area contributed by atoms with Gasteiger partial charge in [0.1, 0.15) is 17.2 Å². The van der Waals surface area contributed by atoms with E-state index in [1.807, 2.05) is 91.0 Å². The largest absolute Gasteiger partial charge is 0.478 e. The number of aromatic nitrogens is 2. The first-order valence-corrected chi connectivity index (χ1v) is 13.1. The Morgan fingerprint density at radius 3 is 1.78 bits per heavy atom. The number of nitrogens with zero attached hydrogens (tertiary/aromatic N) is 2. The third-order valence-corrected chi connectivity index (χ3v) is 7.22. The van der Waals surface area contributed by atoms with Gasteiger partial charge in [-0.25, -0.2) is 18.3 Å². The Morgan fingerprint density at radius 2 is 1.27 bits per heavy atom. The van der Waals surface area contributed by atoms with Crippen LogP contribution in [-0.4, -0.2) is 20.9 Å². The van der Waals surface area contributed by atoms with Crippen LogP contribution in [0.15, 0.2) is 127 Å². The molecule has 1 N–H and O–H groups in total.